The topological polar surface area (TPSA) is 198 Å². The first-order valence-corrected chi connectivity index (χ1v) is 13.1. The van der Waals surface area contributed by atoms with Gasteiger partial charge < -0.3 is 15.9 Å². The summed E-state index contributed by atoms with van der Waals surface area (Å²) in [5, 5.41) is 7.68. The van der Waals surface area contributed by atoms with Gasteiger partial charge in [0.1, 0.15) is 18.8 Å². The molecule has 3 heterocycles. The SMILES string of the molecule is CO/N=C(\C(=O)N[C@H]1CN(C(=O)NS(=O)(=O)Nc2cc(-c3ccccc3)sn2)C1=O)c1csc(N)n1. The highest BCUT2D eigenvalue weighted by molar-refractivity contribution is 7.91. The molecule has 4 amide bonds. The van der Waals surface area contributed by atoms with E-state index in [0.29, 0.717) is 9.78 Å². The molecule has 14 nitrogen and oxygen atoms in total. The molecule has 0 spiro atoms. The van der Waals surface area contributed by atoms with E-state index in [0.717, 1.165) is 28.4 Å². The van der Waals surface area contributed by atoms with Crippen LogP contribution in [0.3, 0.4) is 0 Å². The molecule has 0 radical (unpaired) electrons. The molecule has 1 fully saturated rings. The molecule has 188 valence electrons. The zero-order valence-corrected chi connectivity index (χ0v) is 20.8. The Morgan fingerprint density at radius 1 is 1.28 bits per heavy atom. The third-order valence-corrected chi connectivity index (χ3v) is 7.10. The number of nitrogen functional groups attached to an aromatic ring is 1. The fraction of sp³-hybridized carbons (Fsp3) is 0.158. The molecule has 5 N–H and O–H groups in total. The summed E-state index contributed by atoms with van der Waals surface area (Å²) in [5.74, 6) is -1.59. The maximum atomic E-state index is 12.5. The fourth-order valence-electron chi connectivity index (χ4n) is 3.03. The van der Waals surface area contributed by atoms with Crippen LogP contribution >= 0.6 is 22.9 Å². The molecule has 1 saturated heterocycles. The Bertz CT molecular complexity index is 1440. The second-order valence-electron chi connectivity index (χ2n) is 7.12. The maximum Gasteiger partial charge on any atom is 0.339 e. The molecule has 1 aliphatic heterocycles. The van der Waals surface area contributed by atoms with Crippen LogP contribution in [0.1, 0.15) is 5.69 Å². The number of nitrogens with two attached hydrogens (primary N) is 1. The lowest BCUT2D eigenvalue weighted by atomic mass is 10.1. The van der Waals surface area contributed by atoms with Crippen LogP contribution in [0.4, 0.5) is 15.7 Å². The molecule has 1 aliphatic rings. The number of likely N-dealkylation sites (tertiary alicyclic amines) is 1. The second-order valence-corrected chi connectivity index (χ2v) is 10.2. The Labute approximate surface area is 212 Å². The number of carbonyl (C=O) groups excluding carboxylic acids is 3. The Kier molecular flexibility index (Phi) is 7.13. The Hall–Kier alpha value is -4.09. The minimum absolute atomic E-state index is 0.00636. The number of hydrogen-bond acceptors (Lipinski definition) is 12. The summed E-state index contributed by atoms with van der Waals surface area (Å²) in [6.45, 7) is -0.264. The van der Waals surface area contributed by atoms with E-state index in [9.17, 15) is 22.8 Å². The fourth-order valence-corrected chi connectivity index (χ4v) is 5.11. The first-order chi connectivity index (χ1) is 17.2. The van der Waals surface area contributed by atoms with Crippen molar-refractivity contribution in [3.05, 3.63) is 47.5 Å². The predicted octanol–water partition coefficient (Wildman–Crippen LogP) is 0.593. The Morgan fingerprint density at radius 2 is 2.03 bits per heavy atom. The number of nitrogens with zero attached hydrogens (tertiary/aromatic N) is 4. The van der Waals surface area contributed by atoms with Gasteiger partial charge in [0.15, 0.2) is 16.7 Å². The molecule has 17 heteroatoms. The van der Waals surface area contributed by atoms with E-state index in [1.165, 1.54) is 18.6 Å². The number of aromatic nitrogens is 2. The number of hydrogen-bond donors (Lipinski definition) is 4. The molecule has 4 rings (SSSR count). The second kappa shape index (κ2) is 10.3. The summed E-state index contributed by atoms with van der Waals surface area (Å²) in [6.07, 6.45) is 0. The van der Waals surface area contributed by atoms with E-state index in [-0.39, 0.29) is 28.9 Å². The van der Waals surface area contributed by atoms with Gasteiger partial charge in [-0.2, -0.15) is 12.8 Å². The number of benzene rings is 1. The van der Waals surface area contributed by atoms with Crippen LogP contribution in [-0.4, -0.2) is 65.9 Å². The number of oxime groups is 1. The molecule has 36 heavy (non-hydrogen) atoms. The molecule has 0 unspecified atom stereocenters. The number of imide groups is 1. The van der Waals surface area contributed by atoms with Gasteiger partial charge in [-0.05, 0) is 17.1 Å². The normalized spacial score (nSPS) is 15.7. The lowest BCUT2D eigenvalue weighted by molar-refractivity contribution is -0.141. The highest BCUT2D eigenvalue weighted by atomic mass is 32.2. The highest BCUT2D eigenvalue weighted by Crippen LogP contribution is 2.27. The Morgan fingerprint density at radius 3 is 2.67 bits per heavy atom. The molecule has 0 saturated carbocycles. The summed E-state index contributed by atoms with van der Waals surface area (Å²) in [4.78, 5) is 47.2. The monoisotopic (exact) mass is 550 g/mol. The van der Waals surface area contributed by atoms with Crippen molar-refractivity contribution in [2.75, 3.05) is 24.1 Å². The molecule has 0 aliphatic carbocycles. The molecule has 2 aromatic heterocycles. The van der Waals surface area contributed by atoms with E-state index in [2.05, 4.69) is 29.4 Å². The number of nitrogens with one attached hydrogen (secondary N) is 3. The first-order valence-electron chi connectivity index (χ1n) is 9.98. The summed E-state index contributed by atoms with van der Waals surface area (Å²) >= 11 is 2.15. The number of amides is 4. The van der Waals surface area contributed by atoms with Crippen LogP contribution in [0, 0.1) is 0 Å². The van der Waals surface area contributed by atoms with Gasteiger partial charge in [-0.25, -0.2) is 19.2 Å². The Balaban J connectivity index is 1.32. The van der Waals surface area contributed by atoms with Crippen molar-refractivity contribution in [2.45, 2.75) is 6.04 Å². The molecule has 0 bridgehead atoms. The van der Waals surface area contributed by atoms with Crippen LogP contribution in [-0.2, 0) is 24.6 Å². The summed E-state index contributed by atoms with van der Waals surface area (Å²) in [5.41, 5.74) is 6.35. The van der Waals surface area contributed by atoms with E-state index in [1.54, 1.807) is 4.72 Å². The van der Waals surface area contributed by atoms with Gasteiger partial charge in [0.05, 0.1) is 11.4 Å². The lowest BCUT2D eigenvalue weighted by Crippen LogP contribution is -2.68. The number of anilines is 2. The van der Waals surface area contributed by atoms with Crippen molar-refractivity contribution >= 4 is 67.6 Å². The van der Waals surface area contributed by atoms with Gasteiger partial charge in [0.2, 0.25) is 0 Å². The largest absolute Gasteiger partial charge is 0.398 e. The summed E-state index contributed by atoms with van der Waals surface area (Å²) < 4.78 is 32.6. The minimum atomic E-state index is -4.38. The van der Waals surface area contributed by atoms with Crippen molar-refractivity contribution in [1.29, 1.82) is 0 Å². The summed E-state index contributed by atoms with van der Waals surface area (Å²) in [7, 11) is -3.16. The molecule has 3 aromatic rings. The molecule has 1 aromatic carbocycles. The number of carbonyl (C=O) groups is 3. The van der Waals surface area contributed by atoms with Crippen molar-refractivity contribution in [3.8, 4) is 10.4 Å². The average molecular weight is 551 g/mol. The highest BCUT2D eigenvalue weighted by Gasteiger charge is 2.43. The van der Waals surface area contributed by atoms with Crippen molar-refractivity contribution in [1.82, 2.24) is 24.3 Å². The number of rotatable bonds is 8. The standard InChI is InChI=1S/C19H18N8O6S3/c1-33-23-15(12-9-34-18(20)22-12)16(28)21-11-8-27(17(11)29)19(30)26-36(31,32)25-14-7-13(35-24-14)10-5-3-2-4-6-10/h2-7,9,11H,8H2,1H3,(H2,20,22)(H,21,28)(H,24,25)(H,26,30)/b23-15-/t11-/m0/s1. The van der Waals surface area contributed by atoms with E-state index >= 15 is 0 Å². The number of urea groups is 1. The molecule has 1 atom stereocenters. The molecular weight excluding hydrogens is 532 g/mol. The third kappa shape index (κ3) is 5.58. The van der Waals surface area contributed by atoms with Gasteiger partial charge in [-0.3, -0.25) is 14.5 Å². The van der Waals surface area contributed by atoms with Crippen molar-refractivity contribution < 1.29 is 27.6 Å². The number of thiazole rings is 1. The summed E-state index contributed by atoms with van der Waals surface area (Å²) in [6, 6.07) is 8.44. The van der Waals surface area contributed by atoms with Crippen molar-refractivity contribution in [2.24, 2.45) is 5.16 Å². The zero-order valence-electron chi connectivity index (χ0n) is 18.4. The average Bonchev–Trinajstić information content (AvgIpc) is 3.48. The third-order valence-electron chi connectivity index (χ3n) is 4.67. The van der Waals surface area contributed by atoms with Crippen LogP contribution in [0.25, 0.3) is 10.4 Å². The van der Waals surface area contributed by atoms with Crippen LogP contribution in [0.2, 0.25) is 0 Å². The first kappa shape index (κ1) is 25.0. The van der Waals surface area contributed by atoms with Crippen LogP contribution < -0.4 is 20.5 Å². The van der Waals surface area contributed by atoms with Gasteiger partial charge in [0, 0.05) is 11.4 Å². The van der Waals surface area contributed by atoms with Crippen LogP contribution in [0.15, 0.2) is 46.9 Å². The van der Waals surface area contributed by atoms with E-state index in [4.69, 9.17) is 5.73 Å². The van der Waals surface area contributed by atoms with Gasteiger partial charge in [-0.1, -0.05) is 35.5 Å². The minimum Gasteiger partial charge on any atom is -0.398 e. The van der Waals surface area contributed by atoms with Gasteiger partial charge in [0.25, 0.3) is 11.8 Å². The van der Waals surface area contributed by atoms with Gasteiger partial charge in [-0.15, -0.1) is 11.3 Å². The lowest BCUT2D eigenvalue weighted by Gasteiger charge is -2.36. The molecular formula is C19H18N8O6S3. The maximum absolute atomic E-state index is 12.5. The zero-order chi connectivity index (χ0) is 25.9. The number of β-lactam (4-membered cyclic amide) rings is 1. The van der Waals surface area contributed by atoms with Gasteiger partial charge >= 0.3 is 16.2 Å². The smallest absolute Gasteiger partial charge is 0.339 e. The quantitative estimate of drug-likeness (QED) is 0.176. The predicted molar refractivity (Wildman–Crippen MR) is 132 cm³/mol. The van der Waals surface area contributed by atoms with Crippen molar-refractivity contribution in [3.63, 3.8) is 0 Å². The van der Waals surface area contributed by atoms with E-state index in [1.807, 2.05) is 30.3 Å². The van der Waals surface area contributed by atoms with E-state index < -0.39 is 34.1 Å². The van der Waals surface area contributed by atoms with Crippen LogP contribution in [0.5, 0.6) is 0 Å².